The summed E-state index contributed by atoms with van der Waals surface area (Å²) >= 11 is 1.64. The molecule has 178 valence electrons. The Labute approximate surface area is 190 Å². The normalized spacial score (nSPS) is 25.1. The lowest BCUT2D eigenvalue weighted by molar-refractivity contribution is -0.140. The van der Waals surface area contributed by atoms with Crippen LogP contribution in [0, 0.1) is 5.92 Å². The Morgan fingerprint density at radius 3 is 2.48 bits per heavy atom. The zero-order valence-electron chi connectivity index (χ0n) is 19.4. The molecule has 1 aliphatic carbocycles. The third-order valence-electron chi connectivity index (χ3n) is 6.36. The molecule has 1 heterocycles. The third-order valence-corrected chi connectivity index (χ3v) is 7.95. The highest BCUT2D eigenvalue weighted by Gasteiger charge is 2.44. The number of carbonyl (C=O) groups is 3. The topological polar surface area (TPSA) is 114 Å². The number of nitrogens with two attached hydrogens (primary N) is 1. The summed E-state index contributed by atoms with van der Waals surface area (Å²) in [5.41, 5.74) is 5.97. The van der Waals surface area contributed by atoms with Crippen LogP contribution in [0.2, 0.25) is 0 Å². The number of thioether (sulfide) groups is 1. The van der Waals surface area contributed by atoms with Crippen molar-refractivity contribution >= 4 is 29.7 Å². The molecule has 2 atom stereocenters. The molecule has 2 aliphatic rings. The number of nitrogens with zero attached hydrogens (tertiary/aromatic N) is 1. The molecular formula is C22H40N4O4S. The van der Waals surface area contributed by atoms with E-state index in [0.29, 0.717) is 25.4 Å². The van der Waals surface area contributed by atoms with E-state index >= 15 is 0 Å². The average Bonchev–Trinajstić information content (AvgIpc) is 3.24. The summed E-state index contributed by atoms with van der Waals surface area (Å²) < 4.78 is 4.23. The molecule has 0 bridgehead atoms. The van der Waals surface area contributed by atoms with Crippen LogP contribution in [-0.2, 0) is 14.3 Å². The molecule has 3 amide bonds. The van der Waals surface area contributed by atoms with E-state index in [1.165, 1.54) is 7.11 Å². The highest BCUT2D eigenvalue weighted by molar-refractivity contribution is 8.00. The molecule has 0 spiro atoms. The fraction of sp³-hybridized carbons (Fsp3) is 0.864. The van der Waals surface area contributed by atoms with Gasteiger partial charge in [-0.25, -0.2) is 4.79 Å². The van der Waals surface area contributed by atoms with Gasteiger partial charge in [0.1, 0.15) is 12.1 Å². The predicted molar refractivity (Wildman–Crippen MR) is 124 cm³/mol. The first kappa shape index (κ1) is 25.8. The van der Waals surface area contributed by atoms with Crippen LogP contribution in [-0.4, -0.2) is 71.6 Å². The molecule has 9 heteroatoms. The molecule has 1 aliphatic heterocycles. The van der Waals surface area contributed by atoms with E-state index < -0.39 is 22.9 Å². The van der Waals surface area contributed by atoms with E-state index in [9.17, 15) is 14.4 Å². The lowest BCUT2D eigenvalue weighted by atomic mass is 9.86. The number of alkyl carbamates (subject to hydrolysis) is 1. The largest absolute Gasteiger partial charge is 0.453 e. The van der Waals surface area contributed by atoms with Crippen molar-refractivity contribution in [3.8, 4) is 0 Å². The van der Waals surface area contributed by atoms with Crippen molar-refractivity contribution in [1.82, 2.24) is 15.5 Å². The fourth-order valence-electron chi connectivity index (χ4n) is 4.38. The summed E-state index contributed by atoms with van der Waals surface area (Å²) in [5, 5.41) is 5.79. The molecule has 4 N–H and O–H groups in total. The van der Waals surface area contributed by atoms with E-state index in [2.05, 4.69) is 17.6 Å². The minimum atomic E-state index is -0.773. The van der Waals surface area contributed by atoms with Gasteiger partial charge >= 0.3 is 6.09 Å². The van der Waals surface area contributed by atoms with Crippen molar-refractivity contribution in [2.45, 2.75) is 88.6 Å². The Bertz CT molecular complexity index is 623. The Morgan fingerprint density at radius 2 is 1.87 bits per heavy atom. The molecule has 8 nitrogen and oxygen atoms in total. The van der Waals surface area contributed by atoms with Crippen LogP contribution >= 0.6 is 11.8 Å². The summed E-state index contributed by atoms with van der Waals surface area (Å²) in [6.07, 6.45) is 5.80. The van der Waals surface area contributed by atoms with E-state index in [0.717, 1.165) is 44.3 Å². The molecule has 1 saturated carbocycles. The van der Waals surface area contributed by atoms with Gasteiger partial charge < -0.3 is 26.0 Å². The standard InChI is InChI=1S/C22H40N4O4S/c1-5-13-31-22(2,3)18(25-21(29)30-4)20(28)26-12-6-7-17(26)19(27)24-14-15-8-10-16(23)11-9-15/h15-18H,5-14,23H2,1-4H3,(H,24,27)(H,25,29). The van der Waals surface area contributed by atoms with E-state index in [1.807, 2.05) is 13.8 Å². The number of hydrogen-bond donors (Lipinski definition) is 3. The first-order valence-corrected chi connectivity index (χ1v) is 12.5. The van der Waals surface area contributed by atoms with Gasteiger partial charge in [0.05, 0.1) is 7.11 Å². The maximum atomic E-state index is 13.5. The molecule has 0 aromatic heterocycles. The van der Waals surface area contributed by atoms with Crippen LogP contribution in [0.4, 0.5) is 4.79 Å². The van der Waals surface area contributed by atoms with E-state index in [1.54, 1.807) is 16.7 Å². The number of nitrogens with one attached hydrogen (secondary N) is 2. The minimum Gasteiger partial charge on any atom is -0.453 e. The van der Waals surface area contributed by atoms with Gasteiger partial charge in [-0.3, -0.25) is 9.59 Å². The zero-order chi connectivity index (χ0) is 23.0. The summed E-state index contributed by atoms with van der Waals surface area (Å²) in [6.45, 7) is 7.12. The number of rotatable bonds is 9. The highest BCUT2D eigenvalue weighted by atomic mass is 32.2. The summed E-state index contributed by atoms with van der Waals surface area (Å²) in [5.74, 6) is 0.999. The first-order valence-electron chi connectivity index (χ1n) is 11.5. The van der Waals surface area contributed by atoms with Gasteiger partial charge in [-0.1, -0.05) is 6.92 Å². The summed E-state index contributed by atoms with van der Waals surface area (Å²) in [7, 11) is 1.29. The third kappa shape index (κ3) is 7.27. The van der Waals surface area contributed by atoms with Crippen LogP contribution in [0.5, 0.6) is 0 Å². The van der Waals surface area contributed by atoms with Gasteiger partial charge in [-0.05, 0) is 70.5 Å². The van der Waals surface area contributed by atoms with Crippen LogP contribution in [0.3, 0.4) is 0 Å². The lowest BCUT2D eigenvalue weighted by Gasteiger charge is -2.37. The number of amides is 3. The molecule has 31 heavy (non-hydrogen) atoms. The van der Waals surface area contributed by atoms with Gasteiger partial charge in [0, 0.05) is 23.9 Å². The Kier molecular flexibility index (Phi) is 9.93. The second-order valence-electron chi connectivity index (χ2n) is 9.24. The van der Waals surface area contributed by atoms with Crippen molar-refractivity contribution in [2.24, 2.45) is 11.7 Å². The van der Waals surface area contributed by atoms with Gasteiger partial charge in [0.25, 0.3) is 0 Å². The van der Waals surface area contributed by atoms with E-state index in [-0.39, 0.29) is 17.9 Å². The Balaban J connectivity index is 2.04. The summed E-state index contributed by atoms with van der Waals surface area (Å²) in [6, 6.07) is -0.986. The fourth-order valence-corrected chi connectivity index (χ4v) is 5.44. The van der Waals surface area contributed by atoms with Gasteiger partial charge in [-0.2, -0.15) is 11.8 Å². The second-order valence-corrected chi connectivity index (χ2v) is 11.0. The molecule has 1 saturated heterocycles. The van der Waals surface area contributed by atoms with Crippen molar-refractivity contribution < 1.29 is 19.1 Å². The van der Waals surface area contributed by atoms with Gasteiger partial charge in [-0.15, -0.1) is 0 Å². The Hall–Kier alpha value is -1.48. The number of hydrogen-bond acceptors (Lipinski definition) is 6. The molecule has 2 fully saturated rings. The van der Waals surface area contributed by atoms with Crippen LogP contribution < -0.4 is 16.4 Å². The maximum absolute atomic E-state index is 13.5. The molecule has 2 rings (SSSR count). The van der Waals surface area contributed by atoms with Crippen LogP contribution in [0.15, 0.2) is 0 Å². The SMILES string of the molecule is CCCSC(C)(C)C(NC(=O)OC)C(=O)N1CCCC1C(=O)NCC1CCC(N)CC1. The molecule has 2 unspecified atom stereocenters. The number of likely N-dealkylation sites (tertiary alicyclic amines) is 1. The number of ether oxygens (including phenoxy) is 1. The molecular weight excluding hydrogens is 416 g/mol. The van der Waals surface area contributed by atoms with Crippen LogP contribution in [0.25, 0.3) is 0 Å². The predicted octanol–water partition coefficient (Wildman–Crippen LogP) is 2.26. The second kappa shape index (κ2) is 11.9. The number of methoxy groups -OCH3 is 1. The van der Waals surface area contributed by atoms with Gasteiger partial charge in [0.15, 0.2) is 0 Å². The van der Waals surface area contributed by atoms with E-state index in [4.69, 9.17) is 10.5 Å². The van der Waals surface area contributed by atoms with Crippen molar-refractivity contribution in [3.05, 3.63) is 0 Å². The number of carbonyl (C=O) groups excluding carboxylic acids is 3. The minimum absolute atomic E-state index is 0.100. The molecule has 0 radical (unpaired) electrons. The molecule has 0 aromatic rings. The van der Waals surface area contributed by atoms with Crippen molar-refractivity contribution in [3.63, 3.8) is 0 Å². The zero-order valence-corrected chi connectivity index (χ0v) is 20.3. The van der Waals surface area contributed by atoms with Crippen molar-refractivity contribution in [1.29, 1.82) is 0 Å². The van der Waals surface area contributed by atoms with Crippen LogP contribution in [0.1, 0.15) is 65.7 Å². The maximum Gasteiger partial charge on any atom is 0.407 e. The average molecular weight is 457 g/mol. The van der Waals surface area contributed by atoms with Crippen molar-refractivity contribution in [2.75, 3.05) is 26.0 Å². The lowest BCUT2D eigenvalue weighted by Crippen LogP contribution is -2.59. The Morgan fingerprint density at radius 1 is 1.19 bits per heavy atom. The smallest absolute Gasteiger partial charge is 0.407 e. The molecule has 0 aromatic carbocycles. The highest BCUT2D eigenvalue weighted by Crippen LogP contribution is 2.32. The summed E-state index contributed by atoms with van der Waals surface area (Å²) in [4.78, 5) is 40.1. The quantitative estimate of drug-likeness (QED) is 0.490. The monoisotopic (exact) mass is 456 g/mol. The first-order chi connectivity index (χ1) is 14.7. The van der Waals surface area contributed by atoms with Gasteiger partial charge in [0.2, 0.25) is 11.8 Å².